The summed E-state index contributed by atoms with van der Waals surface area (Å²) in [6.45, 7) is 13.2. The molecule has 0 bridgehead atoms. The number of carbonyl (C=O) groups is 3. The molecule has 0 aliphatic carbocycles. The molecule has 1 saturated heterocycles. The van der Waals surface area contributed by atoms with Crippen molar-refractivity contribution in [3.05, 3.63) is 12.4 Å². The minimum absolute atomic E-state index is 0.00543. The molecule has 0 aromatic carbocycles. The highest BCUT2D eigenvalue weighted by Gasteiger charge is 2.38. The predicted molar refractivity (Wildman–Crippen MR) is 118 cm³/mol. The number of carbonyl (C=O) groups excluding carboxylic acids is 3. The minimum atomic E-state index is -0.721. The van der Waals surface area contributed by atoms with Crippen LogP contribution in [0.4, 0.5) is 10.5 Å². The molecule has 9 heteroatoms. The van der Waals surface area contributed by atoms with E-state index in [1.54, 1.807) is 42.7 Å². The summed E-state index contributed by atoms with van der Waals surface area (Å²) in [6, 6.07) is 0. The molecule has 2 N–H and O–H groups in total. The van der Waals surface area contributed by atoms with Gasteiger partial charge in [-0.3, -0.25) is 14.3 Å². The first-order valence-corrected chi connectivity index (χ1v) is 11.1. The number of piperidine rings is 1. The number of alkyl carbamates (subject to hydrolysis) is 1. The summed E-state index contributed by atoms with van der Waals surface area (Å²) < 4.78 is 7.03. The van der Waals surface area contributed by atoms with E-state index in [4.69, 9.17) is 4.74 Å². The standard InChI is InChI=1S/C22H37N5O4/c1-7-22(6,15-23-20(30)31-21(3,4)5)19(29)26-11-9-16(10-12-26)18(28)25-17-13-24-27(8-2)14-17/h13-14,16H,7-12,15H2,1-6H3,(H,23,30)(H,25,28)/t22-/m0/s1. The van der Waals surface area contributed by atoms with Crippen LogP contribution in [0.3, 0.4) is 0 Å². The first kappa shape index (κ1) is 24.7. The van der Waals surface area contributed by atoms with Crippen molar-refractivity contribution < 1.29 is 19.1 Å². The van der Waals surface area contributed by atoms with E-state index in [0.29, 0.717) is 38.0 Å². The minimum Gasteiger partial charge on any atom is -0.444 e. The second-order valence-electron chi connectivity index (χ2n) is 9.41. The Bertz CT molecular complexity index is 777. The number of nitrogens with one attached hydrogen (secondary N) is 2. The van der Waals surface area contributed by atoms with Gasteiger partial charge in [-0.05, 0) is 53.9 Å². The monoisotopic (exact) mass is 435 g/mol. The van der Waals surface area contributed by atoms with E-state index in [0.717, 1.165) is 6.54 Å². The zero-order chi connectivity index (χ0) is 23.2. The first-order chi connectivity index (χ1) is 14.5. The molecule has 1 atom stereocenters. The second kappa shape index (κ2) is 10.2. The van der Waals surface area contributed by atoms with Gasteiger partial charge < -0.3 is 20.3 Å². The molecule has 2 heterocycles. The van der Waals surface area contributed by atoms with Crippen molar-refractivity contribution in [1.29, 1.82) is 0 Å². The van der Waals surface area contributed by atoms with Crippen LogP contribution in [0.15, 0.2) is 12.4 Å². The number of aromatic nitrogens is 2. The van der Waals surface area contributed by atoms with Crippen molar-refractivity contribution in [3.63, 3.8) is 0 Å². The molecule has 2 rings (SSSR count). The Balaban J connectivity index is 1.87. The smallest absolute Gasteiger partial charge is 0.407 e. The van der Waals surface area contributed by atoms with Gasteiger partial charge in [0.25, 0.3) is 0 Å². The summed E-state index contributed by atoms with van der Waals surface area (Å²) in [4.78, 5) is 39.6. The topological polar surface area (TPSA) is 106 Å². The molecular weight excluding hydrogens is 398 g/mol. The van der Waals surface area contributed by atoms with Crippen LogP contribution in [0.1, 0.15) is 60.8 Å². The molecule has 0 spiro atoms. The maximum Gasteiger partial charge on any atom is 0.407 e. The van der Waals surface area contributed by atoms with E-state index in [9.17, 15) is 14.4 Å². The Morgan fingerprint density at radius 3 is 2.32 bits per heavy atom. The Hall–Kier alpha value is -2.58. The van der Waals surface area contributed by atoms with Gasteiger partial charge in [0, 0.05) is 38.3 Å². The van der Waals surface area contributed by atoms with Gasteiger partial charge in [0.15, 0.2) is 0 Å². The number of likely N-dealkylation sites (tertiary alicyclic amines) is 1. The molecule has 1 aliphatic rings. The maximum atomic E-state index is 13.2. The Morgan fingerprint density at radius 2 is 1.81 bits per heavy atom. The van der Waals surface area contributed by atoms with E-state index >= 15 is 0 Å². The molecule has 0 unspecified atom stereocenters. The van der Waals surface area contributed by atoms with Crippen molar-refractivity contribution in [3.8, 4) is 0 Å². The highest BCUT2D eigenvalue weighted by atomic mass is 16.6. The summed E-state index contributed by atoms with van der Waals surface area (Å²) in [5.74, 6) is -0.177. The number of aryl methyl sites for hydroxylation is 1. The van der Waals surface area contributed by atoms with Gasteiger partial charge in [-0.1, -0.05) is 6.92 Å². The van der Waals surface area contributed by atoms with Crippen molar-refractivity contribution in [2.45, 2.75) is 73.0 Å². The van der Waals surface area contributed by atoms with Crippen LogP contribution >= 0.6 is 0 Å². The quantitative estimate of drug-likeness (QED) is 0.685. The Kier molecular flexibility index (Phi) is 8.08. The molecule has 1 aromatic heterocycles. The molecule has 0 saturated carbocycles. The van der Waals surface area contributed by atoms with Crippen molar-refractivity contribution >= 4 is 23.6 Å². The fourth-order valence-corrected chi connectivity index (χ4v) is 3.51. The van der Waals surface area contributed by atoms with Gasteiger partial charge in [0.05, 0.1) is 17.3 Å². The summed E-state index contributed by atoms with van der Waals surface area (Å²) in [6.07, 6.45) is 4.73. The van der Waals surface area contributed by atoms with E-state index in [-0.39, 0.29) is 24.3 Å². The van der Waals surface area contributed by atoms with Crippen molar-refractivity contribution in [2.75, 3.05) is 25.0 Å². The number of rotatable bonds is 7. The number of anilines is 1. The van der Waals surface area contributed by atoms with Crippen LogP contribution in [0.5, 0.6) is 0 Å². The van der Waals surface area contributed by atoms with Gasteiger partial charge in [0.1, 0.15) is 5.60 Å². The molecule has 1 aromatic rings. The third-order valence-electron chi connectivity index (χ3n) is 5.70. The summed E-state index contributed by atoms with van der Waals surface area (Å²) in [5.41, 5.74) is -0.619. The van der Waals surface area contributed by atoms with E-state index in [1.807, 2.05) is 20.8 Å². The lowest BCUT2D eigenvalue weighted by atomic mass is 9.84. The fourth-order valence-electron chi connectivity index (χ4n) is 3.51. The first-order valence-electron chi connectivity index (χ1n) is 11.1. The SMILES string of the molecule is CCn1cc(NC(=O)C2CCN(C(=O)[C@@](C)(CC)CNC(=O)OC(C)(C)C)CC2)cn1. The molecule has 1 fully saturated rings. The lowest BCUT2D eigenvalue weighted by molar-refractivity contribution is -0.143. The molecule has 31 heavy (non-hydrogen) atoms. The van der Waals surface area contributed by atoms with Crippen molar-refractivity contribution in [2.24, 2.45) is 11.3 Å². The van der Waals surface area contributed by atoms with Crippen LogP contribution in [-0.2, 0) is 20.9 Å². The Morgan fingerprint density at radius 1 is 1.16 bits per heavy atom. The van der Waals surface area contributed by atoms with Crippen LogP contribution < -0.4 is 10.6 Å². The van der Waals surface area contributed by atoms with Gasteiger partial charge >= 0.3 is 6.09 Å². The average Bonchev–Trinajstić information content (AvgIpc) is 3.18. The molecule has 1 aliphatic heterocycles. The number of nitrogens with zero attached hydrogens (tertiary/aromatic N) is 3. The van der Waals surface area contributed by atoms with Crippen LogP contribution in [0.2, 0.25) is 0 Å². The molecule has 9 nitrogen and oxygen atoms in total. The van der Waals surface area contributed by atoms with Crippen LogP contribution in [-0.4, -0.2) is 57.8 Å². The highest BCUT2D eigenvalue weighted by Crippen LogP contribution is 2.27. The van der Waals surface area contributed by atoms with Crippen LogP contribution in [0, 0.1) is 11.3 Å². The number of amides is 3. The predicted octanol–water partition coefficient (Wildman–Crippen LogP) is 3.02. The number of hydrogen-bond acceptors (Lipinski definition) is 5. The zero-order valence-electron chi connectivity index (χ0n) is 19.7. The third kappa shape index (κ3) is 6.97. The summed E-state index contributed by atoms with van der Waals surface area (Å²) >= 11 is 0. The molecular formula is C22H37N5O4. The van der Waals surface area contributed by atoms with E-state index in [2.05, 4.69) is 15.7 Å². The highest BCUT2D eigenvalue weighted by molar-refractivity contribution is 5.92. The lowest BCUT2D eigenvalue weighted by Crippen LogP contribution is -2.51. The second-order valence-corrected chi connectivity index (χ2v) is 9.41. The fraction of sp³-hybridized carbons (Fsp3) is 0.727. The van der Waals surface area contributed by atoms with Gasteiger partial charge in [-0.25, -0.2) is 4.79 Å². The third-order valence-corrected chi connectivity index (χ3v) is 5.70. The zero-order valence-corrected chi connectivity index (χ0v) is 19.7. The van der Waals surface area contributed by atoms with Crippen LogP contribution in [0.25, 0.3) is 0 Å². The molecule has 0 radical (unpaired) electrons. The van der Waals surface area contributed by atoms with Gasteiger partial charge in [-0.2, -0.15) is 5.10 Å². The summed E-state index contributed by atoms with van der Waals surface area (Å²) in [7, 11) is 0. The number of hydrogen-bond donors (Lipinski definition) is 2. The number of ether oxygens (including phenoxy) is 1. The normalized spacial score (nSPS) is 17.0. The van der Waals surface area contributed by atoms with Gasteiger partial charge in [-0.15, -0.1) is 0 Å². The van der Waals surface area contributed by atoms with E-state index in [1.165, 1.54) is 0 Å². The van der Waals surface area contributed by atoms with E-state index < -0.39 is 17.1 Å². The Labute approximate surface area is 184 Å². The summed E-state index contributed by atoms with van der Waals surface area (Å²) in [5, 5.41) is 9.81. The largest absolute Gasteiger partial charge is 0.444 e. The van der Waals surface area contributed by atoms with Crippen molar-refractivity contribution in [1.82, 2.24) is 20.0 Å². The molecule has 174 valence electrons. The maximum absolute atomic E-state index is 13.2. The molecule has 3 amide bonds. The van der Waals surface area contributed by atoms with Gasteiger partial charge in [0.2, 0.25) is 11.8 Å². The average molecular weight is 436 g/mol. The lowest BCUT2D eigenvalue weighted by Gasteiger charge is -2.38.